The monoisotopic (exact) mass is 301 g/mol. The van der Waals surface area contributed by atoms with Gasteiger partial charge in [-0.15, -0.1) is 0 Å². The van der Waals surface area contributed by atoms with Gasteiger partial charge in [-0.2, -0.15) is 0 Å². The van der Waals surface area contributed by atoms with E-state index in [2.05, 4.69) is 14.8 Å². The van der Waals surface area contributed by atoms with Crippen molar-refractivity contribution in [1.29, 1.82) is 0 Å². The molecule has 0 aliphatic rings. The van der Waals surface area contributed by atoms with E-state index in [0.29, 0.717) is 0 Å². The van der Waals surface area contributed by atoms with Gasteiger partial charge in [0.1, 0.15) is 11.5 Å². The second-order valence-corrected chi connectivity index (χ2v) is 4.11. The molecule has 0 spiro atoms. The summed E-state index contributed by atoms with van der Waals surface area (Å²) < 4.78 is 22.3. The summed E-state index contributed by atoms with van der Waals surface area (Å²) >= 11 is 5.96. The van der Waals surface area contributed by atoms with Crippen molar-refractivity contribution in [3.8, 4) is 0 Å². The van der Waals surface area contributed by atoms with E-state index < -0.39 is 17.8 Å². The molecule has 1 N–H and O–H groups in total. The Morgan fingerprint density at radius 3 is 2.50 bits per heavy atom. The lowest BCUT2D eigenvalue weighted by molar-refractivity contribution is -0.138. The Morgan fingerprint density at radius 1 is 1.30 bits per heavy atom. The molecule has 1 aromatic rings. The first-order valence-corrected chi connectivity index (χ1v) is 5.88. The molecular weight excluding hydrogens is 289 g/mol. The molecule has 0 atom stereocenters. The normalized spacial score (nSPS) is 10.9. The van der Waals surface area contributed by atoms with Gasteiger partial charge in [0.15, 0.2) is 0 Å². The van der Waals surface area contributed by atoms with E-state index in [-0.39, 0.29) is 22.0 Å². The van der Waals surface area contributed by atoms with Crippen LogP contribution in [0.2, 0.25) is 5.02 Å². The fraction of sp³-hybridized carbons (Fsp3) is 0.231. The maximum Gasteiger partial charge on any atom is 0.354 e. The number of rotatable bonds is 4. The summed E-state index contributed by atoms with van der Waals surface area (Å²) in [5, 5.41) is 2.72. The molecule has 0 bridgehead atoms. The third-order valence-electron chi connectivity index (χ3n) is 2.46. The predicted molar refractivity (Wildman–Crippen MR) is 71.9 cm³/mol. The van der Waals surface area contributed by atoms with Crippen molar-refractivity contribution < 1.29 is 23.5 Å². The quantitative estimate of drug-likeness (QED) is 0.683. The first kappa shape index (κ1) is 16.0. The van der Waals surface area contributed by atoms with Crippen LogP contribution in [0.4, 0.5) is 10.1 Å². The highest BCUT2D eigenvalue weighted by Crippen LogP contribution is 2.28. The van der Waals surface area contributed by atoms with E-state index in [4.69, 9.17) is 11.6 Å². The highest BCUT2D eigenvalue weighted by Gasteiger charge is 2.15. The van der Waals surface area contributed by atoms with Crippen molar-refractivity contribution >= 4 is 29.2 Å². The average Bonchev–Trinajstić information content (AvgIpc) is 2.45. The lowest BCUT2D eigenvalue weighted by Crippen LogP contribution is -2.15. The smallest absolute Gasteiger partial charge is 0.354 e. The number of ether oxygens (including phenoxy) is 2. The van der Waals surface area contributed by atoms with Gasteiger partial charge in [-0.05, 0) is 19.1 Å². The van der Waals surface area contributed by atoms with Gasteiger partial charge in [-0.1, -0.05) is 11.6 Å². The molecule has 0 aromatic heterocycles. The highest BCUT2D eigenvalue weighted by atomic mass is 35.5. The van der Waals surface area contributed by atoms with Crippen LogP contribution < -0.4 is 5.32 Å². The van der Waals surface area contributed by atoms with E-state index in [9.17, 15) is 14.0 Å². The van der Waals surface area contributed by atoms with Crippen LogP contribution in [0.1, 0.15) is 5.56 Å². The van der Waals surface area contributed by atoms with Gasteiger partial charge in [-0.25, -0.2) is 14.0 Å². The third-order valence-corrected chi connectivity index (χ3v) is 2.95. The maximum atomic E-state index is 13.3. The lowest BCUT2D eigenvalue weighted by atomic mass is 10.2. The van der Waals surface area contributed by atoms with Crippen molar-refractivity contribution in [3.63, 3.8) is 0 Å². The van der Waals surface area contributed by atoms with Crippen LogP contribution in [0.25, 0.3) is 0 Å². The molecule has 0 radical (unpaired) electrons. The van der Waals surface area contributed by atoms with E-state index in [1.807, 2.05) is 0 Å². The van der Waals surface area contributed by atoms with Crippen molar-refractivity contribution in [2.75, 3.05) is 19.5 Å². The van der Waals surface area contributed by atoms with Gasteiger partial charge in [0, 0.05) is 5.56 Å². The summed E-state index contributed by atoms with van der Waals surface area (Å²) in [7, 11) is 2.33. The average molecular weight is 302 g/mol. The topological polar surface area (TPSA) is 64.6 Å². The van der Waals surface area contributed by atoms with Gasteiger partial charge in [-0.3, -0.25) is 0 Å². The van der Waals surface area contributed by atoms with Gasteiger partial charge in [0.05, 0.1) is 31.0 Å². The zero-order chi connectivity index (χ0) is 15.3. The number of halogens is 2. The number of benzene rings is 1. The molecule has 0 saturated carbocycles. The Hall–Kier alpha value is -2.08. The van der Waals surface area contributed by atoms with Gasteiger partial charge in [0.2, 0.25) is 0 Å². The van der Waals surface area contributed by atoms with Gasteiger partial charge in [0.25, 0.3) is 0 Å². The minimum absolute atomic E-state index is 0.102. The Morgan fingerprint density at radius 2 is 1.95 bits per heavy atom. The van der Waals surface area contributed by atoms with E-state index in [1.165, 1.54) is 26.2 Å². The molecule has 20 heavy (non-hydrogen) atoms. The number of carbonyl (C=O) groups is 2. The molecule has 1 rings (SSSR count). The predicted octanol–water partition coefficient (Wildman–Crippen LogP) is 2.43. The van der Waals surface area contributed by atoms with Gasteiger partial charge >= 0.3 is 11.9 Å². The second-order valence-electron chi connectivity index (χ2n) is 3.73. The maximum absolute atomic E-state index is 13.3. The largest absolute Gasteiger partial charge is 0.466 e. The van der Waals surface area contributed by atoms with E-state index in [0.717, 1.165) is 13.2 Å². The molecular formula is C13H13ClFNO4. The van der Waals surface area contributed by atoms with Crippen LogP contribution in [0, 0.1) is 12.7 Å². The van der Waals surface area contributed by atoms with Crippen molar-refractivity contribution in [2.45, 2.75) is 6.92 Å². The molecule has 108 valence electrons. The highest BCUT2D eigenvalue weighted by molar-refractivity contribution is 6.34. The molecule has 5 nitrogen and oxygen atoms in total. The van der Waals surface area contributed by atoms with E-state index in [1.54, 1.807) is 0 Å². The number of hydrogen-bond acceptors (Lipinski definition) is 5. The number of hydrogen-bond donors (Lipinski definition) is 1. The van der Waals surface area contributed by atoms with E-state index >= 15 is 0 Å². The number of methoxy groups -OCH3 is 2. The number of anilines is 1. The molecule has 0 aliphatic heterocycles. The lowest BCUT2D eigenvalue weighted by Gasteiger charge is -2.12. The van der Waals surface area contributed by atoms with Crippen LogP contribution in [-0.2, 0) is 19.1 Å². The minimum Gasteiger partial charge on any atom is -0.466 e. The standard InChI is InChI=1S/C13H13ClFNO4/c1-7-8(15)4-5-9(12(7)14)16-10(13(18)20-3)6-11(17)19-2/h4-6,16H,1-3H3/b10-6+. The first-order valence-electron chi connectivity index (χ1n) is 5.50. The van der Waals surface area contributed by atoms with Crippen LogP contribution in [-0.4, -0.2) is 26.2 Å². The van der Waals surface area contributed by atoms with Crippen LogP contribution in [0.3, 0.4) is 0 Å². The second kappa shape index (κ2) is 6.91. The molecule has 7 heteroatoms. The number of nitrogens with one attached hydrogen (secondary N) is 1. The summed E-state index contributed by atoms with van der Waals surface area (Å²) in [6, 6.07) is 2.54. The molecule has 0 saturated heterocycles. The summed E-state index contributed by atoms with van der Waals surface area (Å²) in [6.45, 7) is 1.49. The molecule has 0 aliphatic carbocycles. The first-order chi connectivity index (χ1) is 9.40. The van der Waals surface area contributed by atoms with Gasteiger partial charge < -0.3 is 14.8 Å². The molecule has 0 heterocycles. The summed E-state index contributed by atoms with van der Waals surface area (Å²) in [6.07, 6.45) is 0.918. The molecule has 0 amide bonds. The fourth-order valence-corrected chi connectivity index (χ4v) is 1.54. The number of esters is 2. The Bertz CT molecular complexity index is 572. The zero-order valence-electron chi connectivity index (χ0n) is 11.1. The Balaban J connectivity index is 3.14. The minimum atomic E-state index is -0.784. The SMILES string of the molecule is COC(=O)/C=C(/Nc1ccc(F)c(C)c1Cl)C(=O)OC. The van der Waals surface area contributed by atoms with Crippen LogP contribution >= 0.6 is 11.6 Å². The summed E-state index contributed by atoms with van der Waals surface area (Å²) in [5.41, 5.74) is 0.317. The van der Waals surface area contributed by atoms with Crippen molar-refractivity contribution in [2.24, 2.45) is 0 Å². The fourth-order valence-electron chi connectivity index (χ4n) is 1.34. The molecule has 1 aromatic carbocycles. The molecule has 0 unspecified atom stereocenters. The van der Waals surface area contributed by atoms with Crippen LogP contribution in [0.5, 0.6) is 0 Å². The molecule has 0 fully saturated rings. The number of carbonyl (C=O) groups excluding carboxylic acids is 2. The third kappa shape index (κ3) is 3.71. The Kier molecular flexibility index (Phi) is 5.52. The zero-order valence-corrected chi connectivity index (χ0v) is 11.9. The summed E-state index contributed by atoms with van der Waals surface area (Å²) in [5.74, 6) is -2.00. The summed E-state index contributed by atoms with van der Waals surface area (Å²) in [4.78, 5) is 22.8. The van der Waals surface area contributed by atoms with Crippen molar-refractivity contribution in [3.05, 3.63) is 40.3 Å². The van der Waals surface area contributed by atoms with Crippen molar-refractivity contribution in [1.82, 2.24) is 0 Å². The Labute approximate surface area is 120 Å². The van der Waals surface area contributed by atoms with Crippen LogP contribution in [0.15, 0.2) is 23.9 Å².